The van der Waals surface area contributed by atoms with Gasteiger partial charge in [-0.3, -0.25) is 4.79 Å². The van der Waals surface area contributed by atoms with Crippen molar-refractivity contribution in [2.75, 3.05) is 18.0 Å². The summed E-state index contributed by atoms with van der Waals surface area (Å²) >= 11 is 0. The van der Waals surface area contributed by atoms with Gasteiger partial charge in [-0.25, -0.2) is 9.67 Å². The van der Waals surface area contributed by atoms with Gasteiger partial charge in [0.15, 0.2) is 5.69 Å². The standard InChI is InChI=1S/C22H26N6O/c29-22(20-17-28(26-25-20)16-18-8-4-3-5-9-18)24-15-19-10-11-21(23-14-19)27-12-6-1-2-7-13-27/h3-5,8-11,14,17H,1-2,6-7,12-13,15-16H2,(H,24,29). The van der Waals surface area contributed by atoms with Crippen LogP contribution in [0.4, 0.5) is 5.82 Å². The lowest BCUT2D eigenvalue weighted by molar-refractivity contribution is 0.0946. The molecule has 29 heavy (non-hydrogen) atoms. The summed E-state index contributed by atoms with van der Waals surface area (Å²) in [6, 6.07) is 14.0. The highest BCUT2D eigenvalue weighted by molar-refractivity contribution is 5.91. The van der Waals surface area contributed by atoms with Crippen LogP contribution >= 0.6 is 0 Å². The van der Waals surface area contributed by atoms with Crippen LogP contribution in [0.2, 0.25) is 0 Å². The Morgan fingerprint density at radius 1 is 0.966 bits per heavy atom. The summed E-state index contributed by atoms with van der Waals surface area (Å²) in [6.07, 6.45) is 8.57. The van der Waals surface area contributed by atoms with Crippen LogP contribution in [0.1, 0.15) is 47.3 Å². The van der Waals surface area contributed by atoms with Gasteiger partial charge in [0.05, 0.1) is 12.7 Å². The van der Waals surface area contributed by atoms with Gasteiger partial charge in [-0.05, 0) is 30.0 Å². The number of aromatic nitrogens is 4. The van der Waals surface area contributed by atoms with Gasteiger partial charge >= 0.3 is 0 Å². The number of hydrogen-bond donors (Lipinski definition) is 1. The van der Waals surface area contributed by atoms with E-state index in [0.717, 1.165) is 30.0 Å². The number of amides is 1. The van der Waals surface area contributed by atoms with Crippen LogP contribution in [0.25, 0.3) is 0 Å². The van der Waals surface area contributed by atoms with Gasteiger partial charge in [-0.15, -0.1) is 5.10 Å². The van der Waals surface area contributed by atoms with Crippen molar-refractivity contribution in [1.29, 1.82) is 0 Å². The highest BCUT2D eigenvalue weighted by Gasteiger charge is 2.13. The molecule has 2 aromatic heterocycles. The lowest BCUT2D eigenvalue weighted by Crippen LogP contribution is -2.25. The Hall–Kier alpha value is -3.22. The maximum Gasteiger partial charge on any atom is 0.273 e. The Bertz CT molecular complexity index is 914. The molecule has 3 aromatic rings. The smallest absolute Gasteiger partial charge is 0.273 e. The third-order valence-corrected chi connectivity index (χ3v) is 5.15. The molecule has 0 bridgehead atoms. The number of nitrogens with one attached hydrogen (secondary N) is 1. The van der Waals surface area contributed by atoms with Crippen LogP contribution in [0.5, 0.6) is 0 Å². The minimum absolute atomic E-state index is 0.235. The van der Waals surface area contributed by atoms with Gasteiger partial charge in [0.2, 0.25) is 0 Å². The van der Waals surface area contributed by atoms with Crippen molar-refractivity contribution >= 4 is 11.7 Å². The molecule has 1 aliphatic rings. The second-order valence-corrected chi connectivity index (χ2v) is 7.40. The van der Waals surface area contributed by atoms with E-state index >= 15 is 0 Å². The Kier molecular flexibility index (Phi) is 6.14. The molecule has 0 spiro atoms. The minimum atomic E-state index is -0.235. The van der Waals surface area contributed by atoms with E-state index < -0.39 is 0 Å². The Balaban J connectivity index is 1.30. The molecule has 1 amide bonds. The SMILES string of the molecule is O=C(NCc1ccc(N2CCCCCC2)nc1)c1cn(Cc2ccccc2)nn1. The van der Waals surface area contributed by atoms with E-state index in [2.05, 4.69) is 25.5 Å². The first kappa shape index (κ1) is 19.1. The first-order valence-corrected chi connectivity index (χ1v) is 10.2. The topological polar surface area (TPSA) is 75.9 Å². The van der Waals surface area contributed by atoms with E-state index in [4.69, 9.17) is 0 Å². The lowest BCUT2D eigenvalue weighted by Gasteiger charge is -2.21. The molecule has 4 rings (SSSR count). The third kappa shape index (κ3) is 5.19. The van der Waals surface area contributed by atoms with Gasteiger partial charge < -0.3 is 10.2 Å². The maximum atomic E-state index is 12.4. The van der Waals surface area contributed by atoms with Crippen LogP contribution in [-0.2, 0) is 13.1 Å². The van der Waals surface area contributed by atoms with Crippen molar-refractivity contribution in [3.05, 3.63) is 71.7 Å². The van der Waals surface area contributed by atoms with Crippen molar-refractivity contribution in [2.24, 2.45) is 0 Å². The van der Waals surface area contributed by atoms with E-state index in [1.165, 1.54) is 25.7 Å². The van der Waals surface area contributed by atoms with Crippen molar-refractivity contribution < 1.29 is 4.79 Å². The number of hydrogen-bond acceptors (Lipinski definition) is 5. The van der Waals surface area contributed by atoms with Gasteiger partial charge in [-0.2, -0.15) is 0 Å². The van der Waals surface area contributed by atoms with Gasteiger partial charge in [-0.1, -0.05) is 54.5 Å². The summed E-state index contributed by atoms with van der Waals surface area (Å²) in [5.74, 6) is 0.784. The highest BCUT2D eigenvalue weighted by Crippen LogP contribution is 2.17. The highest BCUT2D eigenvalue weighted by atomic mass is 16.2. The summed E-state index contributed by atoms with van der Waals surface area (Å²) < 4.78 is 1.67. The predicted octanol–water partition coefficient (Wildman–Crippen LogP) is 3.03. The minimum Gasteiger partial charge on any atom is -0.357 e. The van der Waals surface area contributed by atoms with Crippen LogP contribution in [-0.4, -0.2) is 39.0 Å². The van der Waals surface area contributed by atoms with Crippen molar-refractivity contribution in [3.63, 3.8) is 0 Å². The van der Waals surface area contributed by atoms with E-state index in [1.807, 2.05) is 48.7 Å². The van der Waals surface area contributed by atoms with Gasteiger partial charge in [0, 0.05) is 25.8 Å². The Morgan fingerprint density at radius 3 is 2.48 bits per heavy atom. The van der Waals surface area contributed by atoms with Crippen LogP contribution in [0.15, 0.2) is 54.9 Å². The quantitative estimate of drug-likeness (QED) is 0.700. The summed E-state index contributed by atoms with van der Waals surface area (Å²) in [4.78, 5) is 19.3. The fourth-order valence-corrected chi connectivity index (χ4v) is 3.53. The lowest BCUT2D eigenvalue weighted by atomic mass is 10.2. The molecule has 0 atom stereocenters. The normalized spacial score (nSPS) is 14.4. The molecule has 7 nitrogen and oxygen atoms in total. The number of pyridine rings is 1. The molecule has 1 saturated heterocycles. The molecule has 3 heterocycles. The molecule has 1 fully saturated rings. The number of anilines is 1. The first-order chi connectivity index (χ1) is 14.3. The van der Waals surface area contributed by atoms with E-state index in [9.17, 15) is 4.79 Å². The molecular formula is C22H26N6O. The zero-order valence-corrected chi connectivity index (χ0v) is 16.5. The predicted molar refractivity (Wildman–Crippen MR) is 112 cm³/mol. The second-order valence-electron chi connectivity index (χ2n) is 7.40. The number of rotatable bonds is 6. The molecule has 1 N–H and O–H groups in total. The molecule has 0 saturated carbocycles. The summed E-state index contributed by atoms with van der Waals surface area (Å²) in [5, 5.41) is 10.9. The van der Waals surface area contributed by atoms with E-state index in [-0.39, 0.29) is 5.91 Å². The summed E-state index contributed by atoms with van der Waals surface area (Å²) in [6.45, 7) is 3.14. The number of nitrogens with zero attached hydrogens (tertiary/aromatic N) is 5. The van der Waals surface area contributed by atoms with Crippen LogP contribution < -0.4 is 10.2 Å². The molecule has 7 heteroatoms. The Labute approximate surface area is 170 Å². The molecule has 150 valence electrons. The third-order valence-electron chi connectivity index (χ3n) is 5.15. The van der Waals surface area contributed by atoms with E-state index in [0.29, 0.717) is 18.8 Å². The van der Waals surface area contributed by atoms with Crippen LogP contribution in [0, 0.1) is 0 Å². The van der Waals surface area contributed by atoms with Crippen LogP contribution in [0.3, 0.4) is 0 Å². The molecular weight excluding hydrogens is 364 g/mol. The summed E-state index contributed by atoms with van der Waals surface area (Å²) in [5.41, 5.74) is 2.39. The van der Waals surface area contributed by atoms with Crippen molar-refractivity contribution in [1.82, 2.24) is 25.3 Å². The second kappa shape index (κ2) is 9.32. The zero-order valence-electron chi connectivity index (χ0n) is 16.5. The molecule has 0 aliphatic carbocycles. The molecule has 0 radical (unpaired) electrons. The largest absolute Gasteiger partial charge is 0.357 e. The average Bonchev–Trinajstić information content (AvgIpc) is 3.05. The van der Waals surface area contributed by atoms with Crippen molar-refractivity contribution in [3.8, 4) is 0 Å². The zero-order chi connectivity index (χ0) is 19.9. The molecule has 1 aromatic carbocycles. The molecule has 1 aliphatic heterocycles. The maximum absolute atomic E-state index is 12.4. The monoisotopic (exact) mass is 390 g/mol. The van der Waals surface area contributed by atoms with Crippen molar-refractivity contribution in [2.45, 2.75) is 38.8 Å². The fourth-order valence-electron chi connectivity index (χ4n) is 3.53. The Morgan fingerprint density at radius 2 is 1.76 bits per heavy atom. The number of carbonyl (C=O) groups is 1. The van der Waals surface area contributed by atoms with E-state index in [1.54, 1.807) is 10.9 Å². The number of carbonyl (C=O) groups excluding carboxylic acids is 1. The average molecular weight is 390 g/mol. The first-order valence-electron chi connectivity index (χ1n) is 10.2. The fraction of sp³-hybridized carbons (Fsp3) is 0.364. The van der Waals surface area contributed by atoms with Gasteiger partial charge in [0.1, 0.15) is 5.82 Å². The van der Waals surface area contributed by atoms with Gasteiger partial charge in [0.25, 0.3) is 5.91 Å². The molecule has 0 unspecified atom stereocenters. The summed E-state index contributed by atoms with van der Waals surface area (Å²) in [7, 11) is 0. The number of benzene rings is 1.